The zero-order chi connectivity index (χ0) is 17.9. The van der Waals surface area contributed by atoms with Crippen molar-refractivity contribution in [1.82, 2.24) is 5.32 Å². The van der Waals surface area contributed by atoms with Crippen molar-refractivity contribution in [2.45, 2.75) is 50.9 Å². The highest BCUT2D eigenvalue weighted by Gasteiger charge is 2.42. The summed E-state index contributed by atoms with van der Waals surface area (Å²) in [7, 11) is 0. The fourth-order valence-electron chi connectivity index (χ4n) is 4.34. The molecule has 26 heavy (non-hydrogen) atoms. The van der Waals surface area contributed by atoms with Gasteiger partial charge in [0.25, 0.3) is 0 Å². The first-order chi connectivity index (χ1) is 12.7. The van der Waals surface area contributed by atoms with Gasteiger partial charge in [-0.3, -0.25) is 4.79 Å². The van der Waals surface area contributed by atoms with Crippen LogP contribution in [0, 0.1) is 5.92 Å². The molecule has 2 aliphatic rings. The summed E-state index contributed by atoms with van der Waals surface area (Å²) < 4.78 is 12.6. The molecule has 1 saturated carbocycles. The van der Waals surface area contributed by atoms with Gasteiger partial charge in [0.1, 0.15) is 11.5 Å². The van der Waals surface area contributed by atoms with Crippen molar-refractivity contribution < 1.29 is 14.3 Å². The molecule has 2 fully saturated rings. The molecule has 4 rings (SSSR count). The minimum Gasteiger partial charge on any atom is -0.457 e. The summed E-state index contributed by atoms with van der Waals surface area (Å²) in [6, 6.07) is 18.0. The summed E-state index contributed by atoms with van der Waals surface area (Å²) in [5, 5.41) is 3.16. The number of para-hydroxylation sites is 2. The first-order valence-corrected chi connectivity index (χ1v) is 9.45. The fraction of sp³-hybridized carbons (Fsp3) is 0.409. The number of carbonyl (C=O) groups excluding carboxylic acids is 1. The molecule has 4 atom stereocenters. The normalized spacial score (nSPS) is 27.6. The Morgan fingerprint density at radius 1 is 1.08 bits per heavy atom. The molecule has 1 amide bonds. The maximum absolute atomic E-state index is 11.7. The van der Waals surface area contributed by atoms with E-state index in [2.05, 4.69) is 11.4 Å². The molecule has 4 nitrogen and oxygen atoms in total. The molecule has 0 bridgehead atoms. The molecule has 0 aromatic heterocycles. The van der Waals surface area contributed by atoms with E-state index < -0.39 is 0 Å². The molecular formula is C22H25NO3. The highest BCUT2D eigenvalue weighted by Crippen LogP contribution is 2.44. The van der Waals surface area contributed by atoms with Crippen molar-refractivity contribution in [3.8, 4) is 11.5 Å². The molecule has 1 aliphatic heterocycles. The van der Waals surface area contributed by atoms with Crippen LogP contribution in [-0.4, -0.2) is 18.1 Å². The molecule has 0 spiro atoms. The highest BCUT2D eigenvalue weighted by atomic mass is 16.5. The summed E-state index contributed by atoms with van der Waals surface area (Å²) in [4.78, 5) is 11.7. The van der Waals surface area contributed by atoms with Crippen molar-refractivity contribution in [3.63, 3.8) is 0 Å². The Bertz CT molecular complexity index is 761. The lowest BCUT2D eigenvalue weighted by Gasteiger charge is -2.39. The zero-order valence-corrected chi connectivity index (χ0v) is 15.1. The van der Waals surface area contributed by atoms with Crippen LogP contribution in [0.4, 0.5) is 0 Å². The van der Waals surface area contributed by atoms with E-state index in [1.807, 2.05) is 48.5 Å². The molecule has 4 heteroatoms. The number of carbonyl (C=O) groups is 1. The van der Waals surface area contributed by atoms with Gasteiger partial charge in [-0.1, -0.05) is 42.8 Å². The van der Waals surface area contributed by atoms with Crippen LogP contribution < -0.4 is 10.1 Å². The van der Waals surface area contributed by atoms with Crippen molar-refractivity contribution in [2.75, 3.05) is 0 Å². The number of hydrogen-bond acceptors (Lipinski definition) is 3. The zero-order valence-electron chi connectivity index (χ0n) is 15.1. The van der Waals surface area contributed by atoms with Crippen LogP contribution in [0.5, 0.6) is 11.5 Å². The Hall–Kier alpha value is -2.33. The first kappa shape index (κ1) is 17.1. The quantitative estimate of drug-likeness (QED) is 0.875. The molecule has 1 N–H and O–H groups in total. The number of amides is 1. The Morgan fingerprint density at radius 2 is 1.85 bits per heavy atom. The number of fused-ring (bicyclic) bond motifs is 1. The van der Waals surface area contributed by atoms with Crippen molar-refractivity contribution >= 4 is 5.91 Å². The van der Waals surface area contributed by atoms with E-state index in [4.69, 9.17) is 9.47 Å². The van der Waals surface area contributed by atoms with Crippen molar-refractivity contribution in [1.29, 1.82) is 0 Å². The van der Waals surface area contributed by atoms with Crippen LogP contribution >= 0.6 is 0 Å². The van der Waals surface area contributed by atoms with Crippen LogP contribution in [0.2, 0.25) is 0 Å². The summed E-state index contributed by atoms with van der Waals surface area (Å²) in [5.74, 6) is 2.10. The van der Waals surface area contributed by atoms with E-state index in [1.54, 1.807) is 6.92 Å². The summed E-state index contributed by atoms with van der Waals surface area (Å²) in [6.45, 7) is 1.60. The average Bonchev–Trinajstić information content (AvgIpc) is 3.11. The Kier molecular flexibility index (Phi) is 4.93. The maximum atomic E-state index is 11.7. The van der Waals surface area contributed by atoms with E-state index in [1.165, 1.54) is 6.42 Å². The fourth-order valence-corrected chi connectivity index (χ4v) is 4.34. The minimum absolute atomic E-state index is 0.0371. The second kappa shape index (κ2) is 7.50. The lowest BCUT2D eigenvalue weighted by Crippen LogP contribution is -2.47. The van der Waals surface area contributed by atoms with E-state index >= 15 is 0 Å². The van der Waals surface area contributed by atoms with Gasteiger partial charge in [0.2, 0.25) is 5.91 Å². The molecular weight excluding hydrogens is 326 g/mol. The van der Waals surface area contributed by atoms with Crippen LogP contribution in [0.3, 0.4) is 0 Å². The number of rotatable bonds is 4. The van der Waals surface area contributed by atoms with Crippen LogP contribution in [-0.2, 0) is 9.53 Å². The summed E-state index contributed by atoms with van der Waals surface area (Å²) >= 11 is 0. The standard InChI is InChI=1S/C22H25NO3/c1-15(24)23-19-14-22(26-20-13-7-11-17(19)20)18-10-5-6-12-21(18)25-16-8-3-2-4-9-16/h2-6,8-10,12,17,19-20,22H,7,11,13-14H2,1H3,(H,23,24)/t17-,19+,20+,22+/m0/s1. The summed E-state index contributed by atoms with van der Waals surface area (Å²) in [5.41, 5.74) is 1.05. The van der Waals surface area contributed by atoms with Gasteiger partial charge >= 0.3 is 0 Å². The number of hydrogen-bond donors (Lipinski definition) is 1. The maximum Gasteiger partial charge on any atom is 0.217 e. The van der Waals surface area contributed by atoms with Gasteiger partial charge < -0.3 is 14.8 Å². The Labute approximate surface area is 154 Å². The lowest BCUT2D eigenvalue weighted by molar-refractivity contribution is -0.124. The second-order valence-corrected chi connectivity index (χ2v) is 7.25. The van der Waals surface area contributed by atoms with E-state index in [0.29, 0.717) is 5.92 Å². The van der Waals surface area contributed by atoms with E-state index in [0.717, 1.165) is 36.3 Å². The van der Waals surface area contributed by atoms with Gasteiger partial charge in [0.05, 0.1) is 12.2 Å². The molecule has 1 saturated heterocycles. The van der Waals surface area contributed by atoms with Gasteiger partial charge in [-0.05, 0) is 37.5 Å². The van der Waals surface area contributed by atoms with Gasteiger partial charge in [-0.2, -0.15) is 0 Å². The summed E-state index contributed by atoms with van der Waals surface area (Å²) in [6.07, 6.45) is 4.31. The predicted octanol–water partition coefficient (Wildman–Crippen LogP) is 4.61. The van der Waals surface area contributed by atoms with Crippen molar-refractivity contribution in [3.05, 3.63) is 60.2 Å². The van der Waals surface area contributed by atoms with E-state index in [-0.39, 0.29) is 24.2 Å². The lowest BCUT2D eigenvalue weighted by atomic mass is 9.86. The molecule has 136 valence electrons. The molecule has 1 heterocycles. The predicted molar refractivity (Wildman–Crippen MR) is 100 cm³/mol. The smallest absolute Gasteiger partial charge is 0.217 e. The van der Waals surface area contributed by atoms with Crippen LogP contribution in [0.25, 0.3) is 0 Å². The third-order valence-electron chi connectivity index (χ3n) is 5.45. The molecule has 1 aliphatic carbocycles. The highest BCUT2D eigenvalue weighted by molar-refractivity contribution is 5.73. The monoisotopic (exact) mass is 351 g/mol. The average molecular weight is 351 g/mol. The van der Waals surface area contributed by atoms with Crippen LogP contribution in [0.1, 0.15) is 44.3 Å². The van der Waals surface area contributed by atoms with Crippen LogP contribution in [0.15, 0.2) is 54.6 Å². The SMILES string of the molecule is CC(=O)N[C@@H]1C[C@H](c2ccccc2Oc2ccccc2)O[C@@H]2CCC[C@@H]12. The van der Waals surface area contributed by atoms with Gasteiger partial charge in [0.15, 0.2) is 0 Å². The molecule has 2 aromatic carbocycles. The Morgan fingerprint density at radius 3 is 2.65 bits per heavy atom. The minimum atomic E-state index is -0.0638. The molecule has 2 aromatic rings. The Balaban J connectivity index is 1.59. The second-order valence-electron chi connectivity index (χ2n) is 7.25. The molecule has 0 unspecified atom stereocenters. The number of nitrogens with one attached hydrogen (secondary N) is 1. The van der Waals surface area contributed by atoms with Crippen molar-refractivity contribution in [2.24, 2.45) is 5.92 Å². The first-order valence-electron chi connectivity index (χ1n) is 9.45. The molecule has 0 radical (unpaired) electrons. The van der Waals surface area contributed by atoms with Gasteiger partial charge in [0, 0.05) is 24.4 Å². The largest absolute Gasteiger partial charge is 0.457 e. The third kappa shape index (κ3) is 3.61. The number of benzene rings is 2. The van der Waals surface area contributed by atoms with E-state index in [9.17, 15) is 4.79 Å². The topological polar surface area (TPSA) is 47.6 Å². The van der Waals surface area contributed by atoms with Gasteiger partial charge in [-0.25, -0.2) is 0 Å². The number of ether oxygens (including phenoxy) is 2. The van der Waals surface area contributed by atoms with Gasteiger partial charge in [-0.15, -0.1) is 0 Å². The third-order valence-corrected chi connectivity index (χ3v) is 5.45.